The fourth-order valence-electron chi connectivity index (χ4n) is 16.4. The first-order valence-corrected chi connectivity index (χ1v) is 43.5. The summed E-state index contributed by atoms with van der Waals surface area (Å²) in [6, 6.07) is 51.8. The van der Waals surface area contributed by atoms with Crippen LogP contribution in [0.3, 0.4) is 0 Å². The molecule has 2 N–H and O–H groups in total. The van der Waals surface area contributed by atoms with Crippen LogP contribution in [0.5, 0.6) is 0 Å². The number of rotatable bonds is 16. The number of halogens is 6. The van der Waals surface area contributed by atoms with E-state index in [0.29, 0.717) is 30.5 Å². The number of unbranched alkanes of at least 4 members (excludes halogenated alkanes) is 1. The minimum atomic E-state index is -0.467. The average molecular weight is 1770 g/mol. The first-order valence-electron chi connectivity index (χ1n) is 41.6. The van der Waals surface area contributed by atoms with Crippen LogP contribution in [0.15, 0.2) is 245 Å². The van der Waals surface area contributed by atoms with Crippen LogP contribution in [0.1, 0.15) is 80.2 Å². The monoisotopic (exact) mass is 1760 g/mol. The molecule has 21 nitrogen and oxygen atoms in total. The summed E-state index contributed by atoms with van der Waals surface area (Å²) in [5, 5.41) is 31.2. The van der Waals surface area contributed by atoms with E-state index < -0.39 is 5.60 Å². The fraction of sp³-hybridized carbons (Fsp3) is 0.302. The molecule has 636 valence electrons. The van der Waals surface area contributed by atoms with Crippen molar-refractivity contribution in [3.05, 3.63) is 298 Å². The van der Waals surface area contributed by atoms with Crippen LogP contribution in [0, 0.1) is 11.3 Å². The smallest absolute Gasteiger partial charge is 0.410 e. The second kappa shape index (κ2) is 42.0. The number of likely N-dealkylation sites (tertiary alicyclic amines) is 1. The zero-order valence-corrected chi connectivity index (χ0v) is 74.2. The number of amides is 1. The molecule has 0 atom stereocenters. The SMILES string of the molecule is CC(C)(C)OC(=O)N1CCN(Cc2cn(-c3ccc(Cl)cc3)c3cnccc23)CC1.CN1CCN(Cc2cn(-c3ccc(Cl)cc3)c3cnccc23)CC1.Cl.Clc1ccc(-n2cc(CN3CCNCC3)c3ccncc32)cc1.N#CCCCN1CCC(c2cn(-c3ccc(Cl)cc3)c3cnccc23)CC1.OCc1cn(-c2ccc(Cl)cc2)c2cnccc12. The topological polar surface area (TPSA) is 191 Å². The highest BCUT2D eigenvalue weighted by atomic mass is 35.5. The molecule has 0 saturated carbocycles. The van der Waals surface area contributed by atoms with Gasteiger partial charge in [-0.05, 0) is 247 Å². The highest BCUT2D eigenvalue weighted by Gasteiger charge is 2.29. The second-order valence-corrected chi connectivity index (χ2v) is 34.5. The molecule has 0 aliphatic carbocycles. The number of hydrogen-bond donors (Lipinski definition) is 2. The lowest BCUT2D eigenvalue weighted by molar-refractivity contribution is 0.0139. The standard InChI is InChI=1S/C23H27ClN4O2.C22H23ClN4.C19H21ClN4.C18H19ClN4.C14H11ClN2O.ClH/c1-23(2,3)30-22(29)27-12-10-26(11-13-27)15-17-16-28(19-6-4-18(24)5-7-19)21-14-25-9-8-20(17)21;23-18-3-5-19(6-4-18)27-16-21(20-7-11-25-15-22(20)27)17-8-13-26(14-9-17)12-2-1-10-24;1-22-8-10-23(11-9-22)13-15-14-24(17-4-2-16(20)3-5-17)19-12-21-7-6-18(15)19;19-15-1-3-16(4-2-15)23-13-14(12-22-9-7-20-8-10-22)17-5-6-21-11-18(17)23;15-11-1-3-12(4-2-11)17-8-10(9-18)13-5-6-16-7-14(13)17;/h4-9,14,16H,10-13,15H2,1-3H3;3-7,11,15-17H,1-2,8-9,12-14H2;2-7,12,14H,8-11,13H2,1H3;1-6,11,13,20H,7-10,12H2;1-8,18H,9H2;1H. The van der Waals surface area contributed by atoms with E-state index in [-0.39, 0.29) is 25.1 Å². The number of fused-ring (bicyclic) bond motifs is 5. The zero-order valence-electron chi connectivity index (χ0n) is 69.6. The highest BCUT2D eigenvalue weighted by molar-refractivity contribution is 6.32. The number of carbonyl (C=O) groups is 1. The van der Waals surface area contributed by atoms with E-state index in [1.54, 1.807) is 17.3 Å². The summed E-state index contributed by atoms with van der Waals surface area (Å²) in [4.78, 5) is 47.8. The maximum atomic E-state index is 12.3. The van der Waals surface area contributed by atoms with Gasteiger partial charge in [0.1, 0.15) is 5.60 Å². The summed E-state index contributed by atoms with van der Waals surface area (Å²) in [6.45, 7) is 23.5. The van der Waals surface area contributed by atoms with Crippen LogP contribution in [-0.2, 0) is 31.0 Å². The van der Waals surface area contributed by atoms with Gasteiger partial charge in [0.2, 0.25) is 0 Å². The number of nitrogens with zero attached hydrogens (tertiary/aromatic N) is 17. The van der Waals surface area contributed by atoms with E-state index in [2.05, 4.69) is 159 Å². The third-order valence-corrected chi connectivity index (χ3v) is 24.2. The second-order valence-electron chi connectivity index (χ2n) is 32.3. The molecule has 4 aliphatic rings. The molecule has 5 aromatic carbocycles. The molecule has 1 amide bonds. The number of nitriles is 1. The molecule has 14 heterocycles. The van der Waals surface area contributed by atoms with Crippen LogP contribution in [-0.4, -0.2) is 199 Å². The summed E-state index contributed by atoms with van der Waals surface area (Å²) in [5.74, 6) is 0.565. The van der Waals surface area contributed by atoms with Gasteiger partial charge < -0.3 is 52.7 Å². The molecule has 27 heteroatoms. The molecule has 0 bridgehead atoms. The largest absolute Gasteiger partial charge is 0.444 e. The number of piperidine rings is 1. The molecule has 10 aromatic heterocycles. The van der Waals surface area contributed by atoms with Crippen LogP contribution < -0.4 is 5.32 Å². The predicted octanol–water partition coefficient (Wildman–Crippen LogP) is 20.0. The van der Waals surface area contributed by atoms with Crippen molar-refractivity contribution < 1.29 is 14.6 Å². The number of nitrogens with one attached hydrogen (secondary N) is 1. The van der Waals surface area contributed by atoms with E-state index >= 15 is 0 Å². The van der Waals surface area contributed by atoms with Gasteiger partial charge in [-0.15, -0.1) is 12.4 Å². The molecule has 4 saturated heterocycles. The molecule has 123 heavy (non-hydrogen) atoms. The molecule has 4 aliphatic heterocycles. The Bertz CT molecular complexity index is 6010. The molecule has 19 rings (SSSR count). The Hall–Kier alpha value is -10.2. The minimum Gasteiger partial charge on any atom is -0.444 e. The van der Waals surface area contributed by atoms with Crippen molar-refractivity contribution in [2.45, 2.75) is 84.2 Å². The van der Waals surface area contributed by atoms with Gasteiger partial charge in [0.15, 0.2) is 0 Å². The van der Waals surface area contributed by atoms with E-state index in [1.165, 1.54) is 43.8 Å². The van der Waals surface area contributed by atoms with E-state index in [0.717, 1.165) is 211 Å². The van der Waals surface area contributed by atoms with E-state index in [1.807, 2.05) is 184 Å². The van der Waals surface area contributed by atoms with Crippen LogP contribution in [0.2, 0.25) is 25.1 Å². The number of piperazine rings is 3. The number of benzene rings is 5. The number of carbonyl (C=O) groups excluding carboxylic acids is 1. The van der Waals surface area contributed by atoms with Crippen molar-refractivity contribution in [2.24, 2.45) is 0 Å². The van der Waals surface area contributed by atoms with Crippen molar-refractivity contribution in [1.29, 1.82) is 5.26 Å². The number of aliphatic hydroxyl groups excluding tert-OH is 1. The van der Waals surface area contributed by atoms with E-state index in [4.69, 9.17) is 68.0 Å². The van der Waals surface area contributed by atoms with Crippen LogP contribution in [0.25, 0.3) is 83.0 Å². The van der Waals surface area contributed by atoms with Crippen molar-refractivity contribution in [3.8, 4) is 34.5 Å². The van der Waals surface area contributed by atoms with E-state index in [9.17, 15) is 9.90 Å². The first kappa shape index (κ1) is 89.1. The number of aromatic nitrogens is 10. The van der Waals surface area contributed by atoms with Gasteiger partial charge in [-0.3, -0.25) is 39.6 Å². The average Bonchev–Trinajstić information content (AvgIpc) is 1.64. The molecule has 4 fully saturated rings. The third kappa shape index (κ3) is 22.5. The summed E-state index contributed by atoms with van der Waals surface area (Å²) in [6.07, 6.45) is 33.3. The molecular weight excluding hydrogens is 1670 g/mol. The summed E-state index contributed by atoms with van der Waals surface area (Å²) >= 11 is 30.1. The normalized spacial score (nSPS) is 15.1. The zero-order chi connectivity index (χ0) is 84.6. The maximum Gasteiger partial charge on any atom is 0.410 e. The Morgan fingerprint density at radius 3 is 1.10 bits per heavy atom. The van der Waals surface area contributed by atoms with Gasteiger partial charge in [0.25, 0.3) is 0 Å². The van der Waals surface area contributed by atoms with Gasteiger partial charge in [-0.2, -0.15) is 5.26 Å². The van der Waals surface area contributed by atoms with Crippen molar-refractivity contribution in [2.75, 3.05) is 105 Å². The van der Waals surface area contributed by atoms with Crippen LogP contribution in [0.4, 0.5) is 4.79 Å². The number of hydrogen-bond acceptors (Lipinski definition) is 15. The minimum absolute atomic E-state index is 0. The Morgan fingerprint density at radius 1 is 0.431 bits per heavy atom. The number of ether oxygens (including phenoxy) is 1. The number of aliphatic hydroxyl groups is 1. The Balaban J connectivity index is 0.000000126. The lowest BCUT2D eigenvalue weighted by Crippen LogP contribution is -2.49. The highest BCUT2D eigenvalue weighted by Crippen LogP contribution is 2.37. The van der Waals surface area contributed by atoms with Gasteiger partial charge in [0.05, 0.1) is 71.2 Å². The number of pyridine rings is 5. The quantitative estimate of drug-likeness (QED) is 0.0868. The van der Waals surface area contributed by atoms with Crippen molar-refractivity contribution in [3.63, 3.8) is 0 Å². The number of likely N-dealkylation sites (N-methyl/N-ethyl adjacent to an activating group) is 1. The Kier molecular flexibility index (Phi) is 30.4. The Morgan fingerprint density at radius 2 is 0.748 bits per heavy atom. The van der Waals surface area contributed by atoms with Gasteiger partial charge in [-0.25, -0.2) is 4.79 Å². The Labute approximate surface area is 749 Å². The van der Waals surface area contributed by atoms with Crippen molar-refractivity contribution >= 4 is 131 Å². The third-order valence-electron chi connectivity index (χ3n) is 22.9. The fourth-order valence-corrected chi connectivity index (χ4v) is 17.1. The first-order chi connectivity index (χ1) is 59.4. The molecule has 0 spiro atoms. The summed E-state index contributed by atoms with van der Waals surface area (Å²) in [7, 11) is 2.19. The molecular formula is C96H102Cl6N18O3. The lowest BCUT2D eigenvalue weighted by atomic mass is 9.89. The van der Waals surface area contributed by atoms with Gasteiger partial charge >= 0.3 is 6.09 Å². The van der Waals surface area contributed by atoms with Gasteiger partial charge in [0, 0.05) is 253 Å². The predicted molar refractivity (Wildman–Crippen MR) is 501 cm³/mol. The molecule has 15 aromatic rings. The summed E-state index contributed by atoms with van der Waals surface area (Å²) in [5.41, 5.74) is 16.6. The van der Waals surface area contributed by atoms with Gasteiger partial charge in [-0.1, -0.05) is 58.0 Å². The molecule has 0 radical (unpaired) electrons. The van der Waals surface area contributed by atoms with Crippen LogP contribution >= 0.6 is 70.4 Å². The molecule has 0 unspecified atom stereocenters. The summed E-state index contributed by atoms with van der Waals surface area (Å²) < 4.78 is 16.3. The van der Waals surface area contributed by atoms with Crippen molar-refractivity contribution in [1.82, 2.24) is 82.5 Å². The maximum absolute atomic E-state index is 12.3. The lowest BCUT2D eigenvalue weighted by Gasteiger charge is -2.35.